The van der Waals surface area contributed by atoms with Crippen molar-refractivity contribution in [2.24, 2.45) is 97.6 Å². The Morgan fingerprint density at radius 1 is 0.630 bits per heavy atom. The number of hydrogen-bond donors (Lipinski definition) is 0. The number of esters is 2. The van der Waals surface area contributed by atoms with Gasteiger partial charge in [0, 0.05) is 24.7 Å². The molecule has 28 atom stereocenters. The molecule has 0 radical (unpaired) electrons. The Morgan fingerprint density at radius 2 is 1.31 bits per heavy atom. The molecular weight excluding hydrogens is 1030 g/mol. The van der Waals surface area contributed by atoms with Gasteiger partial charge in [-0.3, -0.25) is 14.4 Å². The van der Waals surface area contributed by atoms with Crippen LogP contribution in [0.3, 0.4) is 0 Å². The Kier molecular flexibility index (Phi) is 16.6. The van der Waals surface area contributed by atoms with Crippen LogP contribution in [0.5, 0.6) is 0 Å². The minimum Gasteiger partial charge on any atom is -0.457 e. The molecule has 5 heterocycles. The fourth-order valence-electron chi connectivity index (χ4n) is 19.3. The number of ketones is 1. The molecule has 5 aliphatic heterocycles. The zero-order chi connectivity index (χ0) is 59.1. The highest BCUT2D eigenvalue weighted by molar-refractivity contribution is 5.81. The van der Waals surface area contributed by atoms with Crippen molar-refractivity contribution in [2.75, 3.05) is 13.2 Å². The Bertz CT molecular complexity index is 2410. The topological polar surface area (TPSA) is 170 Å². The summed E-state index contributed by atoms with van der Waals surface area (Å²) in [6.45, 7) is 41.0. The van der Waals surface area contributed by atoms with Gasteiger partial charge in [0.05, 0.1) is 42.4 Å². The summed E-state index contributed by atoms with van der Waals surface area (Å²) in [5, 5.41) is 0. The van der Waals surface area contributed by atoms with E-state index in [2.05, 4.69) is 96.1 Å². The van der Waals surface area contributed by atoms with Gasteiger partial charge in [-0.15, -0.1) is 0 Å². The lowest BCUT2D eigenvalue weighted by atomic mass is 9.32. The number of ether oxygens (including phenoxy) is 11. The molecule has 10 aliphatic rings. The van der Waals surface area contributed by atoms with Gasteiger partial charge in [-0.1, -0.05) is 109 Å². The molecule has 9 fully saturated rings. The smallest absolute Gasteiger partial charge is 0.315 e. The second kappa shape index (κ2) is 21.8. The van der Waals surface area contributed by atoms with Gasteiger partial charge in [-0.05, 0) is 154 Å². The van der Waals surface area contributed by atoms with Gasteiger partial charge in [0.2, 0.25) is 6.29 Å². The van der Waals surface area contributed by atoms with E-state index in [9.17, 15) is 14.4 Å². The quantitative estimate of drug-likeness (QED) is 0.0828. The highest BCUT2D eigenvalue weighted by Crippen LogP contribution is 2.77. The van der Waals surface area contributed by atoms with Crippen LogP contribution in [-0.2, 0) is 71.3 Å². The highest BCUT2D eigenvalue weighted by atomic mass is 16.8. The molecule has 5 aliphatic carbocycles. The summed E-state index contributed by atoms with van der Waals surface area (Å²) in [5.41, 5.74) is -0.786. The van der Waals surface area contributed by atoms with E-state index in [1.807, 2.05) is 27.7 Å². The van der Waals surface area contributed by atoms with Crippen LogP contribution in [0.4, 0.5) is 0 Å². The summed E-state index contributed by atoms with van der Waals surface area (Å²) in [6.07, 6.45) is 2.98. The summed E-state index contributed by atoms with van der Waals surface area (Å²) in [7, 11) is 0. The van der Waals surface area contributed by atoms with Crippen LogP contribution in [0, 0.1) is 97.6 Å². The first kappa shape index (κ1) is 61.7. The average Bonchev–Trinajstić information content (AvgIpc) is 3.81. The fraction of sp³-hybridized carbons (Fsp3) is 0.909. The number of allylic oxidation sites excluding steroid dienone is 2. The van der Waals surface area contributed by atoms with Crippen molar-refractivity contribution < 1.29 is 71.3 Å². The van der Waals surface area contributed by atoms with Crippen LogP contribution in [0.2, 0.25) is 0 Å². The first-order valence-electron chi connectivity index (χ1n) is 31.7. The normalized spacial score (nSPS) is 52.8. The summed E-state index contributed by atoms with van der Waals surface area (Å²) < 4.78 is 72.9. The van der Waals surface area contributed by atoms with E-state index >= 15 is 4.79 Å². The maximum Gasteiger partial charge on any atom is 0.315 e. The summed E-state index contributed by atoms with van der Waals surface area (Å²) >= 11 is 0. The monoisotopic (exact) mass is 1140 g/mol. The molecule has 0 N–H and O–H groups in total. The van der Waals surface area contributed by atoms with Gasteiger partial charge in [0.15, 0.2) is 42.6 Å². The van der Waals surface area contributed by atoms with Crippen molar-refractivity contribution in [1.82, 2.24) is 0 Å². The Hall–Kier alpha value is -2.34. The molecule has 458 valence electrons. The maximum atomic E-state index is 16.0. The Labute approximate surface area is 485 Å². The molecule has 0 amide bonds. The predicted octanol–water partition coefficient (Wildman–Crippen LogP) is 11.6. The van der Waals surface area contributed by atoms with E-state index in [1.165, 1.54) is 18.8 Å². The molecule has 10 rings (SSSR count). The van der Waals surface area contributed by atoms with Crippen LogP contribution in [-0.4, -0.2) is 117 Å². The third kappa shape index (κ3) is 10.1. The largest absolute Gasteiger partial charge is 0.457 e. The van der Waals surface area contributed by atoms with E-state index in [4.69, 9.17) is 52.1 Å². The molecule has 11 unspecified atom stereocenters. The fourth-order valence-corrected chi connectivity index (χ4v) is 19.3. The number of Topliss-reactive ketones (excluding diaryl/α,β-unsaturated/α-hetero) is 1. The van der Waals surface area contributed by atoms with Crippen molar-refractivity contribution in [3.63, 3.8) is 0 Å². The number of aldehydes is 1. The molecule has 15 heteroatoms. The number of carbonyl (C=O) groups excluding carboxylic acids is 4. The molecule has 5 saturated heterocycles. The summed E-state index contributed by atoms with van der Waals surface area (Å²) in [6, 6.07) is 0. The second-order valence-corrected chi connectivity index (χ2v) is 30.6. The van der Waals surface area contributed by atoms with E-state index < -0.39 is 90.5 Å². The molecular formula is C66H104O15. The second-order valence-electron chi connectivity index (χ2n) is 30.6. The van der Waals surface area contributed by atoms with Crippen LogP contribution < -0.4 is 0 Å². The van der Waals surface area contributed by atoms with Gasteiger partial charge >= 0.3 is 11.9 Å². The lowest BCUT2D eigenvalue weighted by molar-refractivity contribution is -0.354. The van der Waals surface area contributed by atoms with Gasteiger partial charge < -0.3 is 56.9 Å². The third-order valence-corrected chi connectivity index (χ3v) is 25.1. The molecule has 4 saturated carbocycles. The number of fused-ring (bicyclic) bond motifs is 8. The van der Waals surface area contributed by atoms with Crippen molar-refractivity contribution >= 4 is 24.0 Å². The number of hydrogen-bond acceptors (Lipinski definition) is 15. The van der Waals surface area contributed by atoms with Crippen molar-refractivity contribution in [3.8, 4) is 0 Å². The zero-order valence-electron chi connectivity index (χ0n) is 52.8. The van der Waals surface area contributed by atoms with Gasteiger partial charge in [-0.25, -0.2) is 0 Å². The van der Waals surface area contributed by atoms with E-state index in [0.717, 1.165) is 51.4 Å². The SMILES string of the molecule is CC(=O)OC1[C@H](O[C@@H]2C(OC(=O)[C@]34CCC(C)(C)CC3C3=CCC5C6(C)CC[C@H](O[C@@H]7OC(C(C)=O)[C@@H](C)[C@@H](C)C7C)[C@](C)(C=O)[C@@H]6CC[C@]5(C)[C@]3(C)CC4C)OC[C@@H]3OC(C)(C)OC23)OC(C)[C@H](O[C@@H]2OC[C@@H](C)[C@H](C)C2C)[C@@H]1C. The highest BCUT2D eigenvalue weighted by Gasteiger charge is 2.72. The third-order valence-electron chi connectivity index (χ3n) is 25.1. The van der Waals surface area contributed by atoms with Crippen molar-refractivity contribution in [1.29, 1.82) is 0 Å². The van der Waals surface area contributed by atoms with Gasteiger partial charge in [0.1, 0.15) is 24.6 Å². The summed E-state index contributed by atoms with van der Waals surface area (Å²) in [5.74, 6) is -0.608. The molecule has 0 spiro atoms. The lowest BCUT2D eigenvalue weighted by Gasteiger charge is -2.72. The lowest BCUT2D eigenvalue weighted by Crippen LogP contribution is -2.67. The number of carbonyl (C=O) groups is 4. The Morgan fingerprint density at radius 3 is 1.99 bits per heavy atom. The van der Waals surface area contributed by atoms with Crippen LogP contribution in [0.15, 0.2) is 11.6 Å². The standard InChI is InChI=1S/C66H104O15/c1-33-30-71-55(38(6)35(33)3)77-51-40(8)52(74-43(11)69)58(73-42(51)10)78-54-53-46(80-61(14,15)81-53)31-72-57(54)79-59(70)66-27-26-60(12,13)29-45(66)44-20-21-48-62(16)24-23-49(75-56-39(7)36(4)37(5)50(76-56)41(9)68)63(17,32-67)47(62)22-25-64(48,18)65(44,19)28-34(66)2/h20,32-40,42,45-58H,21-31H2,1-19H3/t33-,34?,35+,36-,37+,38?,39?,40+,42?,45?,46+,47-,48?,49+,50?,51-,52?,53?,54+,55+,56-,57?,58+,62?,63-,64+,65-,66+/m1/s1. The van der Waals surface area contributed by atoms with Crippen LogP contribution >= 0.6 is 0 Å². The van der Waals surface area contributed by atoms with E-state index in [-0.39, 0.29) is 99.4 Å². The van der Waals surface area contributed by atoms with Crippen molar-refractivity contribution in [3.05, 3.63) is 11.6 Å². The van der Waals surface area contributed by atoms with Crippen molar-refractivity contribution in [2.45, 2.75) is 269 Å². The molecule has 0 aromatic rings. The van der Waals surface area contributed by atoms with Crippen LogP contribution in [0.25, 0.3) is 0 Å². The van der Waals surface area contributed by atoms with Crippen LogP contribution in [0.1, 0.15) is 189 Å². The molecule has 81 heavy (non-hydrogen) atoms. The minimum atomic E-state index is -1.19. The molecule has 0 aromatic heterocycles. The summed E-state index contributed by atoms with van der Waals surface area (Å²) in [4.78, 5) is 55.6. The first-order chi connectivity index (χ1) is 37.8. The molecule has 15 nitrogen and oxygen atoms in total. The van der Waals surface area contributed by atoms with Gasteiger partial charge in [-0.2, -0.15) is 0 Å². The predicted molar refractivity (Wildman–Crippen MR) is 301 cm³/mol. The number of rotatable bonds is 11. The average molecular weight is 1140 g/mol. The first-order valence-corrected chi connectivity index (χ1v) is 31.7. The molecule has 0 aromatic carbocycles. The Balaban J connectivity index is 0.923. The molecule has 0 bridgehead atoms. The van der Waals surface area contributed by atoms with E-state index in [1.54, 1.807) is 6.92 Å². The zero-order valence-corrected chi connectivity index (χ0v) is 52.8. The minimum absolute atomic E-state index is 0.0160. The van der Waals surface area contributed by atoms with Gasteiger partial charge in [0.25, 0.3) is 0 Å². The van der Waals surface area contributed by atoms with E-state index in [0.29, 0.717) is 24.9 Å². The maximum absolute atomic E-state index is 16.0.